The van der Waals surface area contributed by atoms with Crippen LogP contribution in [0.5, 0.6) is 11.5 Å². The Balaban J connectivity index is 0.000000211. The molecule has 55 heavy (non-hydrogen) atoms. The monoisotopic (exact) mass is 757 g/mol. The summed E-state index contributed by atoms with van der Waals surface area (Å²) < 4.78 is 11.0. The molecule has 4 nitrogen and oxygen atoms in total. The summed E-state index contributed by atoms with van der Waals surface area (Å²) >= 11 is 0. The fourth-order valence-corrected chi connectivity index (χ4v) is 11.3. The molecular formula is C51H84N2O2. The van der Waals surface area contributed by atoms with Crippen molar-refractivity contribution in [1.29, 1.82) is 0 Å². The van der Waals surface area contributed by atoms with Crippen molar-refractivity contribution in [2.75, 3.05) is 13.2 Å². The van der Waals surface area contributed by atoms with Gasteiger partial charge in [-0.05, 0) is 163 Å². The van der Waals surface area contributed by atoms with E-state index in [9.17, 15) is 0 Å². The number of nitrogens with zero attached hydrogens (tertiary/aromatic N) is 2. The van der Waals surface area contributed by atoms with Crippen molar-refractivity contribution in [1.82, 2.24) is 9.97 Å². The number of aromatic nitrogens is 2. The Hall–Kier alpha value is -2.10. The van der Waals surface area contributed by atoms with E-state index in [-0.39, 0.29) is 0 Å². The summed E-state index contributed by atoms with van der Waals surface area (Å²) in [7, 11) is 0. The molecule has 4 fully saturated rings. The largest absolute Gasteiger partial charge is 0.492 e. The van der Waals surface area contributed by atoms with E-state index < -0.39 is 0 Å². The van der Waals surface area contributed by atoms with Gasteiger partial charge in [-0.15, -0.1) is 0 Å². The molecule has 0 N–H and O–H groups in total. The van der Waals surface area contributed by atoms with Gasteiger partial charge < -0.3 is 9.47 Å². The lowest BCUT2D eigenvalue weighted by molar-refractivity contribution is 0.140. The molecule has 310 valence electrons. The lowest BCUT2D eigenvalue weighted by atomic mass is 9.68. The van der Waals surface area contributed by atoms with Crippen molar-refractivity contribution in [2.24, 2.45) is 47.3 Å². The summed E-state index contributed by atoms with van der Waals surface area (Å²) in [4.78, 5) is 9.15. The first-order valence-electron chi connectivity index (χ1n) is 24.2. The van der Waals surface area contributed by atoms with E-state index in [0.29, 0.717) is 13.2 Å². The second-order valence-electron chi connectivity index (χ2n) is 18.7. The van der Waals surface area contributed by atoms with E-state index in [2.05, 4.69) is 48.1 Å². The third-order valence-electron chi connectivity index (χ3n) is 14.9. The lowest BCUT2D eigenvalue weighted by Gasteiger charge is -2.38. The van der Waals surface area contributed by atoms with Crippen LogP contribution in [0.25, 0.3) is 0 Å². The summed E-state index contributed by atoms with van der Waals surface area (Å²) in [6.07, 6.45) is 42.8. The van der Waals surface area contributed by atoms with Crippen molar-refractivity contribution < 1.29 is 9.47 Å². The van der Waals surface area contributed by atoms with E-state index in [1.807, 2.05) is 26.2 Å². The SMILES string of the molecule is CCCCC1CCC(C2CCC(CCc3ccc(OCC)cn3)CC2)CC1.CCCCCC1CCC(C2CCC(CCc3ccc(OCC)cn3)CC2)CC1. The molecule has 0 radical (unpaired) electrons. The van der Waals surface area contributed by atoms with Crippen LogP contribution in [0.4, 0.5) is 0 Å². The lowest BCUT2D eigenvalue weighted by Crippen LogP contribution is -2.26. The second kappa shape index (κ2) is 25.3. The molecule has 0 saturated heterocycles. The van der Waals surface area contributed by atoms with Crippen LogP contribution < -0.4 is 9.47 Å². The van der Waals surface area contributed by atoms with Crippen molar-refractivity contribution >= 4 is 0 Å². The number of rotatable bonds is 19. The van der Waals surface area contributed by atoms with E-state index in [4.69, 9.17) is 9.47 Å². The maximum Gasteiger partial charge on any atom is 0.137 e. The quantitative estimate of drug-likeness (QED) is 0.134. The minimum absolute atomic E-state index is 0.713. The molecule has 0 unspecified atom stereocenters. The minimum Gasteiger partial charge on any atom is -0.492 e. The van der Waals surface area contributed by atoms with E-state index in [1.54, 1.807) is 0 Å². The molecule has 2 heterocycles. The molecule has 0 aliphatic heterocycles. The molecule has 0 aromatic carbocycles. The van der Waals surface area contributed by atoms with Crippen molar-refractivity contribution in [3.8, 4) is 11.5 Å². The van der Waals surface area contributed by atoms with Gasteiger partial charge in [-0.3, -0.25) is 9.97 Å². The van der Waals surface area contributed by atoms with Gasteiger partial charge in [0.2, 0.25) is 0 Å². The van der Waals surface area contributed by atoms with Gasteiger partial charge in [0.15, 0.2) is 0 Å². The van der Waals surface area contributed by atoms with Crippen molar-refractivity contribution in [3.05, 3.63) is 48.0 Å². The Kier molecular flexibility index (Phi) is 20.2. The molecule has 0 bridgehead atoms. The molecular weight excluding hydrogens is 673 g/mol. The third-order valence-corrected chi connectivity index (χ3v) is 14.9. The molecule has 0 amide bonds. The number of hydrogen-bond donors (Lipinski definition) is 0. The Morgan fingerprint density at radius 1 is 0.418 bits per heavy atom. The number of hydrogen-bond acceptors (Lipinski definition) is 4. The van der Waals surface area contributed by atoms with Gasteiger partial charge in [0, 0.05) is 11.4 Å². The molecule has 6 rings (SSSR count). The molecule has 4 saturated carbocycles. The number of ether oxygens (including phenoxy) is 2. The molecule has 2 aromatic rings. The van der Waals surface area contributed by atoms with Gasteiger partial charge >= 0.3 is 0 Å². The van der Waals surface area contributed by atoms with Crippen LogP contribution in [-0.2, 0) is 12.8 Å². The molecule has 0 atom stereocenters. The number of pyridine rings is 2. The maximum absolute atomic E-state index is 5.49. The zero-order valence-corrected chi connectivity index (χ0v) is 36.3. The van der Waals surface area contributed by atoms with Gasteiger partial charge in [-0.1, -0.05) is 110 Å². The first-order chi connectivity index (χ1) is 27.1. The summed E-state index contributed by atoms with van der Waals surface area (Å²) in [5, 5.41) is 0. The fourth-order valence-electron chi connectivity index (χ4n) is 11.3. The Bertz CT molecular complexity index is 1230. The van der Waals surface area contributed by atoms with Crippen LogP contribution in [0.2, 0.25) is 0 Å². The van der Waals surface area contributed by atoms with Crippen LogP contribution in [0, 0.1) is 47.3 Å². The molecule has 4 aliphatic rings. The highest BCUT2D eigenvalue weighted by Gasteiger charge is 2.32. The smallest absolute Gasteiger partial charge is 0.137 e. The van der Waals surface area contributed by atoms with E-state index >= 15 is 0 Å². The van der Waals surface area contributed by atoms with Crippen LogP contribution in [-0.4, -0.2) is 23.2 Å². The van der Waals surface area contributed by atoms with Gasteiger partial charge in [-0.2, -0.15) is 0 Å². The standard InChI is InChI=1S/C26H43NO.C25H41NO/c1-3-5-6-7-21-8-13-23(14-9-21)24-15-10-22(11-16-24)12-17-25-18-19-26(20-27-25)28-4-2;1-3-5-6-20-7-12-22(13-8-20)23-14-9-21(10-15-23)11-16-24-17-18-25(19-26-24)27-4-2/h18-24H,3-17H2,1-2H3;17-23H,3-16H2,1-2H3. The van der Waals surface area contributed by atoms with Crippen molar-refractivity contribution in [3.63, 3.8) is 0 Å². The normalized spacial score (nSPS) is 28.5. The van der Waals surface area contributed by atoms with Gasteiger partial charge in [0.1, 0.15) is 11.5 Å². The van der Waals surface area contributed by atoms with E-state index in [0.717, 1.165) is 71.7 Å². The van der Waals surface area contributed by atoms with Crippen LogP contribution in [0.15, 0.2) is 36.7 Å². The topological polar surface area (TPSA) is 44.2 Å². The Morgan fingerprint density at radius 3 is 1.07 bits per heavy atom. The fraction of sp³-hybridized carbons (Fsp3) is 0.804. The van der Waals surface area contributed by atoms with E-state index in [1.165, 1.54) is 172 Å². The minimum atomic E-state index is 0.713. The predicted molar refractivity (Wildman–Crippen MR) is 233 cm³/mol. The van der Waals surface area contributed by atoms with Gasteiger partial charge in [0.25, 0.3) is 0 Å². The summed E-state index contributed by atoms with van der Waals surface area (Å²) in [6, 6.07) is 8.43. The zero-order chi connectivity index (χ0) is 38.5. The Labute approximate surface area is 339 Å². The molecule has 4 aliphatic carbocycles. The second-order valence-corrected chi connectivity index (χ2v) is 18.7. The summed E-state index contributed by atoms with van der Waals surface area (Å²) in [5.41, 5.74) is 2.46. The zero-order valence-electron chi connectivity index (χ0n) is 36.3. The third kappa shape index (κ3) is 15.6. The first-order valence-corrected chi connectivity index (χ1v) is 24.2. The first kappa shape index (κ1) is 44.0. The highest BCUT2D eigenvalue weighted by Crippen LogP contribution is 2.44. The molecule has 2 aromatic heterocycles. The van der Waals surface area contributed by atoms with Crippen LogP contribution in [0.3, 0.4) is 0 Å². The molecule has 4 heteroatoms. The van der Waals surface area contributed by atoms with Gasteiger partial charge in [-0.25, -0.2) is 0 Å². The maximum atomic E-state index is 5.49. The summed E-state index contributed by atoms with van der Waals surface area (Å²) in [5.74, 6) is 9.93. The Morgan fingerprint density at radius 2 is 0.764 bits per heavy atom. The highest BCUT2D eigenvalue weighted by molar-refractivity contribution is 5.20. The number of unbranched alkanes of at least 4 members (excludes halogenated alkanes) is 3. The average Bonchev–Trinajstić information content (AvgIpc) is 3.24. The van der Waals surface area contributed by atoms with Crippen molar-refractivity contribution in [2.45, 2.75) is 201 Å². The van der Waals surface area contributed by atoms with Gasteiger partial charge in [0.05, 0.1) is 25.6 Å². The average molecular weight is 757 g/mol. The van der Waals surface area contributed by atoms with Crippen LogP contribution >= 0.6 is 0 Å². The predicted octanol–water partition coefficient (Wildman–Crippen LogP) is 14.8. The highest BCUT2D eigenvalue weighted by atomic mass is 16.5. The summed E-state index contributed by atoms with van der Waals surface area (Å²) in [6.45, 7) is 10.1. The molecule has 0 spiro atoms. The number of aryl methyl sites for hydroxylation is 2. The van der Waals surface area contributed by atoms with Crippen LogP contribution in [0.1, 0.15) is 200 Å².